The molecule has 0 bridgehead atoms. The zero-order chi connectivity index (χ0) is 13.5. The van der Waals surface area contributed by atoms with Crippen LogP contribution in [0.1, 0.15) is 26.2 Å². The van der Waals surface area contributed by atoms with E-state index in [1.54, 1.807) is 18.0 Å². The van der Waals surface area contributed by atoms with Crippen molar-refractivity contribution in [2.24, 2.45) is 0 Å². The van der Waals surface area contributed by atoms with Gasteiger partial charge in [-0.25, -0.2) is 0 Å². The second kappa shape index (κ2) is 7.00. The second-order valence-electron chi connectivity index (χ2n) is 3.99. The fourth-order valence-electron chi connectivity index (χ4n) is 1.74. The van der Waals surface area contributed by atoms with Crippen LogP contribution in [-0.2, 0) is 6.54 Å². The maximum Gasteiger partial charge on any atom is 0.200 e. The van der Waals surface area contributed by atoms with Crippen LogP contribution in [0.4, 0.5) is 0 Å². The van der Waals surface area contributed by atoms with Gasteiger partial charge in [-0.05, 0) is 31.9 Å². The van der Waals surface area contributed by atoms with Crippen molar-refractivity contribution in [1.82, 2.24) is 14.8 Å². The molecule has 19 heavy (non-hydrogen) atoms. The van der Waals surface area contributed by atoms with E-state index in [-0.39, 0.29) is 0 Å². The van der Waals surface area contributed by atoms with Crippen molar-refractivity contribution in [2.45, 2.75) is 37.9 Å². The number of hydrogen-bond acceptors (Lipinski definition) is 5. The highest BCUT2D eigenvalue weighted by Gasteiger charge is 2.14. The molecule has 0 aromatic carbocycles. The summed E-state index contributed by atoms with van der Waals surface area (Å²) in [6, 6.07) is 5.89. The van der Waals surface area contributed by atoms with E-state index >= 15 is 0 Å². The monoisotopic (exact) mass is 276 g/mol. The predicted molar refractivity (Wildman–Crippen MR) is 73.6 cm³/mol. The average Bonchev–Trinajstić information content (AvgIpc) is 3.06. The van der Waals surface area contributed by atoms with Gasteiger partial charge in [0.2, 0.25) is 0 Å². The Kier molecular flexibility index (Phi) is 5.04. The van der Waals surface area contributed by atoms with Crippen LogP contribution < -0.4 is 0 Å². The first-order valence-corrected chi connectivity index (χ1v) is 7.32. The first-order valence-electron chi connectivity index (χ1n) is 6.33. The summed E-state index contributed by atoms with van der Waals surface area (Å²) in [6.45, 7) is 2.87. The second-order valence-corrected chi connectivity index (χ2v) is 5.05. The van der Waals surface area contributed by atoms with Crippen molar-refractivity contribution in [1.29, 1.82) is 5.26 Å². The maximum absolute atomic E-state index is 8.48. The van der Waals surface area contributed by atoms with Crippen molar-refractivity contribution in [3.8, 4) is 17.7 Å². The van der Waals surface area contributed by atoms with Crippen LogP contribution in [0.2, 0.25) is 0 Å². The van der Waals surface area contributed by atoms with E-state index in [0.717, 1.165) is 41.9 Å². The molecule has 0 spiro atoms. The fourth-order valence-corrected chi connectivity index (χ4v) is 2.74. The van der Waals surface area contributed by atoms with Crippen LogP contribution >= 0.6 is 11.8 Å². The van der Waals surface area contributed by atoms with Gasteiger partial charge in [0.15, 0.2) is 16.7 Å². The smallest absolute Gasteiger partial charge is 0.200 e. The highest BCUT2D eigenvalue weighted by molar-refractivity contribution is 7.99. The van der Waals surface area contributed by atoms with Crippen molar-refractivity contribution < 1.29 is 4.42 Å². The number of unbranched alkanes of at least 4 members (excludes halogenated alkanes) is 2. The number of rotatable bonds is 7. The predicted octanol–water partition coefficient (Wildman–Crippen LogP) is 3.34. The average molecular weight is 276 g/mol. The molecule has 2 aromatic rings. The minimum atomic E-state index is 0.624. The third-order valence-corrected chi connectivity index (χ3v) is 3.74. The minimum Gasteiger partial charge on any atom is -0.461 e. The lowest BCUT2D eigenvalue weighted by Gasteiger charge is -2.05. The molecule has 6 heteroatoms. The maximum atomic E-state index is 8.48. The van der Waals surface area contributed by atoms with E-state index in [4.69, 9.17) is 9.68 Å². The third-order valence-electron chi connectivity index (χ3n) is 2.69. The van der Waals surface area contributed by atoms with Crippen molar-refractivity contribution in [3.63, 3.8) is 0 Å². The van der Waals surface area contributed by atoms with E-state index in [1.165, 1.54) is 0 Å². The van der Waals surface area contributed by atoms with Gasteiger partial charge in [0, 0.05) is 18.7 Å². The van der Waals surface area contributed by atoms with Gasteiger partial charge < -0.3 is 4.42 Å². The van der Waals surface area contributed by atoms with Crippen molar-refractivity contribution in [3.05, 3.63) is 18.4 Å². The molecule has 0 aliphatic carbocycles. The molecule has 0 radical (unpaired) electrons. The number of furan rings is 1. The summed E-state index contributed by atoms with van der Waals surface area (Å²) in [5.41, 5.74) is 0. The normalized spacial score (nSPS) is 10.5. The molecule has 0 fully saturated rings. The van der Waals surface area contributed by atoms with Crippen LogP contribution in [0.5, 0.6) is 0 Å². The number of nitriles is 1. The van der Waals surface area contributed by atoms with Gasteiger partial charge in [-0.1, -0.05) is 11.8 Å². The van der Waals surface area contributed by atoms with Gasteiger partial charge in [0.1, 0.15) is 0 Å². The Labute approximate surface area is 116 Å². The highest BCUT2D eigenvalue weighted by atomic mass is 32.2. The van der Waals surface area contributed by atoms with Crippen molar-refractivity contribution >= 4 is 11.8 Å². The van der Waals surface area contributed by atoms with Crippen LogP contribution in [-0.4, -0.2) is 20.5 Å². The number of aromatic nitrogens is 3. The van der Waals surface area contributed by atoms with Crippen LogP contribution in [0, 0.1) is 11.3 Å². The third kappa shape index (κ3) is 3.38. The molecule has 5 nitrogen and oxygen atoms in total. The molecular weight excluding hydrogens is 260 g/mol. The summed E-state index contributed by atoms with van der Waals surface area (Å²) < 4.78 is 7.41. The Hall–Kier alpha value is -1.74. The van der Waals surface area contributed by atoms with E-state index in [2.05, 4.69) is 23.2 Å². The quantitative estimate of drug-likeness (QED) is 0.573. The Morgan fingerprint density at radius 2 is 2.32 bits per heavy atom. The molecule has 0 saturated carbocycles. The fraction of sp³-hybridized carbons (Fsp3) is 0.462. The molecule has 2 rings (SSSR count). The number of hydrogen-bond donors (Lipinski definition) is 0. The Bertz CT molecular complexity index is 541. The highest BCUT2D eigenvalue weighted by Crippen LogP contribution is 2.24. The van der Waals surface area contributed by atoms with Gasteiger partial charge in [-0.3, -0.25) is 4.57 Å². The zero-order valence-corrected chi connectivity index (χ0v) is 11.7. The molecule has 0 unspecified atom stereocenters. The Morgan fingerprint density at radius 1 is 1.42 bits per heavy atom. The lowest BCUT2D eigenvalue weighted by Crippen LogP contribution is -1.99. The lowest BCUT2D eigenvalue weighted by atomic mass is 10.3. The van der Waals surface area contributed by atoms with E-state index in [0.29, 0.717) is 6.42 Å². The van der Waals surface area contributed by atoms with Crippen molar-refractivity contribution in [2.75, 3.05) is 5.75 Å². The lowest BCUT2D eigenvalue weighted by molar-refractivity contribution is 0.567. The van der Waals surface area contributed by atoms with Gasteiger partial charge >= 0.3 is 0 Å². The molecule has 2 heterocycles. The SMILES string of the molecule is CCn1c(SCCCCC#N)nnc1-c1ccco1. The topological polar surface area (TPSA) is 67.6 Å². The van der Waals surface area contributed by atoms with Gasteiger partial charge in [0.25, 0.3) is 0 Å². The molecule has 0 amide bonds. The standard InChI is InChI=1S/C13H16N4OS/c1-2-17-12(11-7-6-9-18-11)15-16-13(17)19-10-5-3-4-8-14/h6-7,9H,2-5,10H2,1H3. The molecule has 0 aliphatic heterocycles. The van der Waals surface area contributed by atoms with Gasteiger partial charge in [0.05, 0.1) is 12.3 Å². The first kappa shape index (κ1) is 13.7. The van der Waals surface area contributed by atoms with E-state index in [9.17, 15) is 0 Å². The number of thioether (sulfide) groups is 1. The van der Waals surface area contributed by atoms with Gasteiger partial charge in [-0.2, -0.15) is 5.26 Å². The Morgan fingerprint density at radius 3 is 3.00 bits per heavy atom. The summed E-state index contributed by atoms with van der Waals surface area (Å²) in [7, 11) is 0. The number of nitrogens with zero attached hydrogens (tertiary/aromatic N) is 4. The van der Waals surface area contributed by atoms with Crippen LogP contribution in [0.25, 0.3) is 11.6 Å². The van der Waals surface area contributed by atoms with Crippen LogP contribution in [0.3, 0.4) is 0 Å². The Balaban J connectivity index is 2.00. The summed E-state index contributed by atoms with van der Waals surface area (Å²) in [6.07, 6.45) is 4.22. The molecule has 0 aliphatic rings. The largest absolute Gasteiger partial charge is 0.461 e. The van der Waals surface area contributed by atoms with E-state index in [1.807, 2.05) is 16.7 Å². The van der Waals surface area contributed by atoms with Crippen LogP contribution in [0.15, 0.2) is 28.0 Å². The molecule has 2 aromatic heterocycles. The minimum absolute atomic E-state index is 0.624. The molecular formula is C13H16N4OS. The summed E-state index contributed by atoms with van der Waals surface area (Å²) in [5, 5.41) is 17.8. The summed E-state index contributed by atoms with van der Waals surface area (Å²) in [5.74, 6) is 2.47. The molecule has 0 N–H and O–H groups in total. The molecule has 100 valence electrons. The van der Waals surface area contributed by atoms with E-state index < -0.39 is 0 Å². The first-order chi connectivity index (χ1) is 9.36. The molecule has 0 saturated heterocycles. The zero-order valence-electron chi connectivity index (χ0n) is 10.9. The molecule has 0 atom stereocenters. The summed E-state index contributed by atoms with van der Waals surface area (Å²) in [4.78, 5) is 0. The summed E-state index contributed by atoms with van der Waals surface area (Å²) >= 11 is 1.68. The van der Waals surface area contributed by atoms with Gasteiger partial charge in [-0.15, -0.1) is 10.2 Å².